The van der Waals surface area contributed by atoms with Crippen LogP contribution in [0.3, 0.4) is 0 Å². The molecule has 3 atom stereocenters. The lowest BCUT2D eigenvalue weighted by Crippen LogP contribution is -2.43. The zero-order valence-electron chi connectivity index (χ0n) is 10.5. The van der Waals surface area contributed by atoms with Crippen LogP contribution in [-0.2, 0) is 4.79 Å². The van der Waals surface area contributed by atoms with E-state index in [1.807, 2.05) is 0 Å². The zero-order valence-corrected chi connectivity index (χ0v) is 10.5. The van der Waals surface area contributed by atoms with Crippen molar-refractivity contribution in [1.82, 2.24) is 5.32 Å². The minimum Gasteiger partial charge on any atom is -0.396 e. The summed E-state index contributed by atoms with van der Waals surface area (Å²) < 4.78 is 38.4. The molecule has 0 aromatic carbocycles. The van der Waals surface area contributed by atoms with Crippen LogP contribution in [0.5, 0.6) is 0 Å². The van der Waals surface area contributed by atoms with E-state index in [0.29, 0.717) is 19.3 Å². The maximum Gasteiger partial charge on any atom is 0.392 e. The third-order valence-electron chi connectivity index (χ3n) is 3.46. The highest BCUT2D eigenvalue weighted by atomic mass is 19.4. The van der Waals surface area contributed by atoms with Gasteiger partial charge in [-0.3, -0.25) is 4.79 Å². The Kier molecular flexibility index (Phi) is 5.44. The molecule has 0 radical (unpaired) electrons. The fourth-order valence-corrected chi connectivity index (χ4v) is 2.31. The van der Waals surface area contributed by atoms with Gasteiger partial charge in [0.2, 0.25) is 5.91 Å². The van der Waals surface area contributed by atoms with E-state index in [9.17, 15) is 18.0 Å². The van der Waals surface area contributed by atoms with Crippen LogP contribution < -0.4 is 5.32 Å². The van der Waals surface area contributed by atoms with Crippen LogP contribution in [-0.4, -0.2) is 30.3 Å². The van der Waals surface area contributed by atoms with Gasteiger partial charge >= 0.3 is 6.18 Å². The number of hydrogen-bond acceptors (Lipinski definition) is 2. The number of hydrogen-bond donors (Lipinski definition) is 2. The number of nitrogens with one attached hydrogen (secondary N) is 1. The Hall–Kier alpha value is -0.780. The van der Waals surface area contributed by atoms with Crippen molar-refractivity contribution in [2.45, 2.75) is 38.8 Å². The molecule has 1 fully saturated rings. The minimum atomic E-state index is -4.30. The van der Waals surface area contributed by atoms with Crippen molar-refractivity contribution < 1.29 is 23.1 Å². The number of aliphatic hydroxyl groups excluding tert-OH is 1. The summed E-state index contributed by atoms with van der Waals surface area (Å²) in [6.45, 7) is 1.85. The topological polar surface area (TPSA) is 49.3 Å². The molecule has 0 aliphatic heterocycles. The van der Waals surface area contributed by atoms with Crippen molar-refractivity contribution in [3.8, 4) is 0 Å². The number of rotatable bonds is 4. The summed E-state index contributed by atoms with van der Waals surface area (Å²) in [5.41, 5.74) is 0. The van der Waals surface area contributed by atoms with E-state index in [4.69, 9.17) is 5.11 Å². The lowest BCUT2D eigenvalue weighted by Gasteiger charge is -2.32. The van der Waals surface area contributed by atoms with E-state index in [1.54, 1.807) is 6.92 Å². The van der Waals surface area contributed by atoms with Gasteiger partial charge in [0.05, 0.1) is 5.92 Å². The van der Waals surface area contributed by atoms with Crippen molar-refractivity contribution in [3.63, 3.8) is 0 Å². The van der Waals surface area contributed by atoms with E-state index in [-0.39, 0.29) is 25.5 Å². The van der Waals surface area contributed by atoms with E-state index in [1.165, 1.54) is 0 Å². The molecule has 1 aliphatic carbocycles. The predicted octanol–water partition coefficient (Wildman–Crippen LogP) is 2.10. The molecule has 1 amide bonds. The van der Waals surface area contributed by atoms with Gasteiger partial charge in [0.25, 0.3) is 0 Å². The molecule has 1 aliphatic rings. The quantitative estimate of drug-likeness (QED) is 0.819. The van der Waals surface area contributed by atoms with E-state index < -0.39 is 23.9 Å². The molecule has 0 saturated heterocycles. The molecule has 1 saturated carbocycles. The first-order valence-corrected chi connectivity index (χ1v) is 6.31. The summed E-state index contributed by atoms with van der Waals surface area (Å²) >= 11 is 0. The first-order valence-electron chi connectivity index (χ1n) is 6.31. The second kappa shape index (κ2) is 6.41. The van der Waals surface area contributed by atoms with Crippen LogP contribution in [0.2, 0.25) is 0 Å². The maximum atomic E-state index is 12.8. The van der Waals surface area contributed by atoms with E-state index in [2.05, 4.69) is 5.32 Å². The van der Waals surface area contributed by atoms with Crippen LogP contribution in [0.4, 0.5) is 13.2 Å². The van der Waals surface area contributed by atoms with Gasteiger partial charge in [0.1, 0.15) is 0 Å². The van der Waals surface area contributed by atoms with Crippen LogP contribution in [0.15, 0.2) is 0 Å². The molecular formula is C12H20F3NO2. The fraction of sp³-hybridized carbons (Fsp3) is 0.917. The third kappa shape index (κ3) is 4.15. The van der Waals surface area contributed by atoms with Crippen LogP contribution >= 0.6 is 0 Å². The number of alkyl halides is 3. The lowest BCUT2D eigenvalue weighted by atomic mass is 9.78. The fourth-order valence-electron chi connectivity index (χ4n) is 2.31. The molecule has 18 heavy (non-hydrogen) atoms. The molecular weight excluding hydrogens is 247 g/mol. The number of aliphatic hydroxyl groups is 1. The Labute approximate surface area is 105 Å². The van der Waals surface area contributed by atoms with Gasteiger partial charge in [-0.1, -0.05) is 19.8 Å². The van der Waals surface area contributed by atoms with Crippen molar-refractivity contribution in [2.24, 2.45) is 17.8 Å². The summed E-state index contributed by atoms with van der Waals surface area (Å²) in [4.78, 5) is 11.8. The second-order valence-corrected chi connectivity index (χ2v) is 5.07. The molecule has 0 aromatic rings. The summed E-state index contributed by atoms with van der Waals surface area (Å²) in [7, 11) is 0. The predicted molar refractivity (Wildman–Crippen MR) is 60.8 cm³/mol. The monoisotopic (exact) mass is 267 g/mol. The van der Waals surface area contributed by atoms with Crippen molar-refractivity contribution in [3.05, 3.63) is 0 Å². The molecule has 0 heterocycles. The molecule has 6 heteroatoms. The zero-order chi connectivity index (χ0) is 13.8. The normalized spacial score (nSPS) is 26.7. The second-order valence-electron chi connectivity index (χ2n) is 5.07. The molecule has 0 aromatic heterocycles. The van der Waals surface area contributed by atoms with Gasteiger partial charge in [-0.15, -0.1) is 0 Å². The molecule has 3 unspecified atom stereocenters. The van der Waals surface area contributed by atoms with Gasteiger partial charge < -0.3 is 10.4 Å². The first-order chi connectivity index (χ1) is 8.36. The van der Waals surface area contributed by atoms with Crippen LogP contribution in [0.25, 0.3) is 0 Å². The first kappa shape index (κ1) is 15.3. The molecule has 0 bridgehead atoms. The average molecular weight is 267 g/mol. The molecule has 106 valence electrons. The molecule has 1 rings (SSSR count). The number of carbonyl (C=O) groups excluding carboxylic acids is 1. The number of halogens is 3. The van der Waals surface area contributed by atoms with E-state index >= 15 is 0 Å². The highest BCUT2D eigenvalue weighted by molar-refractivity contribution is 5.79. The number of carbonyl (C=O) groups is 1. The van der Waals surface area contributed by atoms with E-state index in [0.717, 1.165) is 0 Å². The van der Waals surface area contributed by atoms with Gasteiger partial charge in [0, 0.05) is 19.1 Å². The Morgan fingerprint density at radius 1 is 1.39 bits per heavy atom. The van der Waals surface area contributed by atoms with Crippen molar-refractivity contribution >= 4 is 5.91 Å². The Balaban J connectivity index is 2.58. The summed E-state index contributed by atoms with van der Waals surface area (Å²) in [5, 5.41) is 11.3. The Morgan fingerprint density at radius 3 is 2.56 bits per heavy atom. The average Bonchev–Trinajstić information content (AvgIpc) is 2.34. The third-order valence-corrected chi connectivity index (χ3v) is 3.46. The Morgan fingerprint density at radius 2 is 2.00 bits per heavy atom. The van der Waals surface area contributed by atoms with Gasteiger partial charge in [-0.25, -0.2) is 0 Å². The minimum absolute atomic E-state index is 0.0388. The molecule has 3 nitrogen and oxygen atoms in total. The highest BCUT2D eigenvalue weighted by Gasteiger charge is 2.47. The van der Waals surface area contributed by atoms with Gasteiger partial charge in [0.15, 0.2) is 0 Å². The molecule has 2 N–H and O–H groups in total. The molecule has 0 spiro atoms. The largest absolute Gasteiger partial charge is 0.396 e. The van der Waals surface area contributed by atoms with Gasteiger partial charge in [-0.2, -0.15) is 13.2 Å². The highest BCUT2D eigenvalue weighted by Crippen LogP contribution is 2.41. The SMILES string of the molecule is CC(CO)CNC(=O)C1CCCCC1C(F)(F)F. The summed E-state index contributed by atoms with van der Waals surface area (Å²) in [5.74, 6) is -3.15. The maximum absolute atomic E-state index is 12.8. The summed E-state index contributed by atoms with van der Waals surface area (Å²) in [6.07, 6.45) is -2.77. The lowest BCUT2D eigenvalue weighted by molar-refractivity contribution is -0.198. The Bertz CT molecular complexity index is 281. The van der Waals surface area contributed by atoms with Crippen LogP contribution in [0.1, 0.15) is 32.6 Å². The summed E-state index contributed by atoms with van der Waals surface area (Å²) in [6, 6.07) is 0. The number of amides is 1. The standard InChI is InChI=1S/C12H20F3NO2/c1-8(7-17)6-16-11(18)9-4-2-3-5-10(9)12(13,14)15/h8-10,17H,2-7H2,1H3,(H,16,18). The van der Waals surface area contributed by atoms with Crippen molar-refractivity contribution in [1.29, 1.82) is 0 Å². The van der Waals surface area contributed by atoms with Crippen molar-refractivity contribution in [2.75, 3.05) is 13.2 Å². The smallest absolute Gasteiger partial charge is 0.392 e. The van der Waals surface area contributed by atoms with Gasteiger partial charge in [-0.05, 0) is 18.8 Å². The van der Waals surface area contributed by atoms with Crippen LogP contribution in [0, 0.1) is 17.8 Å².